The van der Waals surface area contributed by atoms with Gasteiger partial charge in [0.15, 0.2) is 0 Å². The highest BCUT2D eigenvalue weighted by molar-refractivity contribution is 4.86. The molecule has 0 bridgehead atoms. The van der Waals surface area contributed by atoms with Crippen LogP contribution in [-0.2, 0) is 4.74 Å². The zero-order chi connectivity index (χ0) is 12.8. The van der Waals surface area contributed by atoms with Gasteiger partial charge in [-0.2, -0.15) is 0 Å². The summed E-state index contributed by atoms with van der Waals surface area (Å²) in [5.74, 6) is 0. The molecule has 1 saturated carbocycles. The van der Waals surface area contributed by atoms with E-state index in [-0.39, 0.29) is 0 Å². The third-order valence-corrected chi connectivity index (χ3v) is 4.53. The molecule has 0 aromatic heterocycles. The average Bonchev–Trinajstić information content (AvgIpc) is 2.41. The lowest BCUT2D eigenvalue weighted by atomic mass is 9.88. The molecule has 0 aromatic carbocycles. The van der Waals surface area contributed by atoms with Gasteiger partial charge in [0.1, 0.15) is 0 Å². The average molecular weight is 254 g/mol. The largest absolute Gasteiger partial charge is 0.378 e. The van der Waals surface area contributed by atoms with Gasteiger partial charge >= 0.3 is 0 Å². The summed E-state index contributed by atoms with van der Waals surface area (Å²) in [7, 11) is 0. The Morgan fingerprint density at radius 3 is 2.56 bits per heavy atom. The van der Waals surface area contributed by atoms with Gasteiger partial charge in [-0.1, -0.05) is 13.3 Å². The zero-order valence-corrected chi connectivity index (χ0v) is 12.2. The van der Waals surface area contributed by atoms with Gasteiger partial charge in [-0.15, -0.1) is 0 Å². The molecule has 0 spiro atoms. The van der Waals surface area contributed by atoms with Crippen molar-refractivity contribution in [1.82, 2.24) is 10.2 Å². The number of likely N-dealkylation sites (tertiary alicyclic amines) is 1. The fourth-order valence-electron chi connectivity index (χ4n) is 3.61. The molecule has 18 heavy (non-hydrogen) atoms. The predicted octanol–water partition coefficient (Wildman–Crippen LogP) is 2.41. The third-order valence-electron chi connectivity index (χ3n) is 4.53. The van der Waals surface area contributed by atoms with Gasteiger partial charge in [-0.25, -0.2) is 0 Å². The highest BCUT2D eigenvalue weighted by Gasteiger charge is 2.29. The zero-order valence-electron chi connectivity index (χ0n) is 12.2. The molecular weight excluding hydrogens is 224 g/mol. The Labute approximate surface area is 112 Å². The second-order valence-corrected chi connectivity index (χ2v) is 5.77. The van der Waals surface area contributed by atoms with E-state index in [9.17, 15) is 0 Å². The van der Waals surface area contributed by atoms with Gasteiger partial charge in [-0.05, 0) is 45.6 Å². The summed E-state index contributed by atoms with van der Waals surface area (Å²) in [6, 6.07) is 1.59. The highest BCUT2D eigenvalue weighted by atomic mass is 16.5. The smallest absolute Gasteiger partial charge is 0.0599 e. The van der Waals surface area contributed by atoms with Crippen LogP contribution in [0.3, 0.4) is 0 Å². The van der Waals surface area contributed by atoms with Crippen molar-refractivity contribution in [1.29, 1.82) is 0 Å². The van der Waals surface area contributed by atoms with Crippen molar-refractivity contribution < 1.29 is 4.74 Å². The van der Waals surface area contributed by atoms with E-state index in [2.05, 4.69) is 24.1 Å². The highest BCUT2D eigenvalue weighted by Crippen LogP contribution is 2.26. The molecule has 1 aliphatic heterocycles. The van der Waals surface area contributed by atoms with Crippen molar-refractivity contribution in [3.8, 4) is 0 Å². The van der Waals surface area contributed by atoms with E-state index in [0.29, 0.717) is 6.10 Å². The monoisotopic (exact) mass is 254 g/mol. The van der Waals surface area contributed by atoms with Crippen LogP contribution in [-0.4, -0.2) is 49.3 Å². The lowest BCUT2D eigenvalue weighted by Crippen LogP contribution is -2.48. The number of ether oxygens (including phenoxy) is 1. The number of nitrogens with zero attached hydrogens (tertiary/aromatic N) is 1. The minimum absolute atomic E-state index is 0.527. The number of nitrogens with one attached hydrogen (secondary N) is 1. The molecule has 2 unspecified atom stereocenters. The summed E-state index contributed by atoms with van der Waals surface area (Å²) in [6.45, 7) is 8.80. The lowest BCUT2D eigenvalue weighted by Gasteiger charge is -2.41. The first-order chi connectivity index (χ1) is 8.83. The second-order valence-electron chi connectivity index (χ2n) is 5.77. The molecular formula is C15H30N2O. The van der Waals surface area contributed by atoms with Crippen molar-refractivity contribution in [3.63, 3.8) is 0 Å². The number of hydrogen-bond donors (Lipinski definition) is 1. The van der Waals surface area contributed by atoms with E-state index in [1.54, 1.807) is 0 Å². The molecule has 2 aliphatic rings. The van der Waals surface area contributed by atoms with Crippen molar-refractivity contribution in [2.45, 2.75) is 70.6 Å². The maximum Gasteiger partial charge on any atom is 0.0599 e. The van der Waals surface area contributed by atoms with Crippen molar-refractivity contribution in [3.05, 3.63) is 0 Å². The molecule has 106 valence electrons. The van der Waals surface area contributed by atoms with E-state index >= 15 is 0 Å². The standard InChI is InChI=1S/C15H30N2O/c1-3-16-13-6-5-7-14(12-13)17-10-8-15(9-11-17)18-4-2/h13-16H,3-12H2,1-2H3. The van der Waals surface area contributed by atoms with Gasteiger partial charge in [0.05, 0.1) is 6.10 Å². The molecule has 0 amide bonds. The molecule has 2 rings (SSSR count). The van der Waals surface area contributed by atoms with E-state index in [1.807, 2.05) is 0 Å². The van der Waals surface area contributed by atoms with E-state index < -0.39 is 0 Å². The first kappa shape index (κ1) is 14.3. The Hall–Kier alpha value is -0.120. The molecule has 1 aliphatic carbocycles. The molecule has 2 atom stereocenters. The number of hydrogen-bond acceptors (Lipinski definition) is 3. The van der Waals surface area contributed by atoms with Gasteiger partial charge in [0, 0.05) is 31.8 Å². The molecule has 1 N–H and O–H groups in total. The number of rotatable bonds is 5. The van der Waals surface area contributed by atoms with E-state index in [1.165, 1.54) is 51.6 Å². The van der Waals surface area contributed by atoms with Crippen LogP contribution in [0.4, 0.5) is 0 Å². The van der Waals surface area contributed by atoms with Gasteiger partial charge < -0.3 is 15.0 Å². The molecule has 3 nitrogen and oxygen atoms in total. The Morgan fingerprint density at radius 1 is 1.11 bits per heavy atom. The van der Waals surface area contributed by atoms with Gasteiger partial charge in [-0.3, -0.25) is 0 Å². The quantitative estimate of drug-likeness (QED) is 0.815. The van der Waals surface area contributed by atoms with Crippen LogP contribution in [0.25, 0.3) is 0 Å². The summed E-state index contributed by atoms with van der Waals surface area (Å²) >= 11 is 0. The second kappa shape index (κ2) is 7.46. The maximum atomic E-state index is 5.74. The van der Waals surface area contributed by atoms with Crippen LogP contribution < -0.4 is 5.32 Å². The summed E-state index contributed by atoms with van der Waals surface area (Å²) in [5, 5.41) is 3.63. The summed E-state index contributed by atoms with van der Waals surface area (Å²) in [6.07, 6.45) is 8.52. The summed E-state index contributed by atoms with van der Waals surface area (Å²) in [5.41, 5.74) is 0. The fourth-order valence-corrected chi connectivity index (χ4v) is 3.61. The van der Waals surface area contributed by atoms with Crippen LogP contribution in [0.5, 0.6) is 0 Å². The van der Waals surface area contributed by atoms with Crippen LogP contribution in [0.2, 0.25) is 0 Å². The Bertz CT molecular complexity index is 225. The van der Waals surface area contributed by atoms with Crippen molar-refractivity contribution in [2.24, 2.45) is 0 Å². The van der Waals surface area contributed by atoms with Crippen molar-refractivity contribution in [2.75, 3.05) is 26.2 Å². The normalized spacial score (nSPS) is 31.7. The molecule has 2 fully saturated rings. The first-order valence-corrected chi connectivity index (χ1v) is 7.92. The minimum Gasteiger partial charge on any atom is -0.378 e. The van der Waals surface area contributed by atoms with E-state index in [0.717, 1.165) is 25.2 Å². The molecule has 1 heterocycles. The fraction of sp³-hybridized carbons (Fsp3) is 1.00. The van der Waals surface area contributed by atoms with E-state index in [4.69, 9.17) is 4.74 Å². The maximum absolute atomic E-state index is 5.74. The SMILES string of the molecule is CCNC1CCCC(N2CCC(OCC)CC2)C1. The summed E-state index contributed by atoms with van der Waals surface area (Å²) in [4.78, 5) is 2.72. The Kier molecular flexibility index (Phi) is 5.93. The molecule has 0 radical (unpaired) electrons. The van der Waals surface area contributed by atoms with Crippen molar-refractivity contribution >= 4 is 0 Å². The third kappa shape index (κ3) is 3.94. The molecule has 3 heteroatoms. The van der Waals surface area contributed by atoms with Crippen LogP contribution >= 0.6 is 0 Å². The number of piperidine rings is 1. The molecule has 0 aromatic rings. The van der Waals surface area contributed by atoms with Crippen LogP contribution in [0.15, 0.2) is 0 Å². The molecule has 1 saturated heterocycles. The van der Waals surface area contributed by atoms with Crippen LogP contribution in [0, 0.1) is 0 Å². The van der Waals surface area contributed by atoms with Gasteiger partial charge in [0.25, 0.3) is 0 Å². The predicted molar refractivity (Wildman–Crippen MR) is 75.9 cm³/mol. The topological polar surface area (TPSA) is 24.5 Å². The summed E-state index contributed by atoms with van der Waals surface area (Å²) < 4.78 is 5.74. The van der Waals surface area contributed by atoms with Crippen LogP contribution in [0.1, 0.15) is 52.4 Å². The Morgan fingerprint density at radius 2 is 1.89 bits per heavy atom. The first-order valence-electron chi connectivity index (χ1n) is 7.92. The Balaban J connectivity index is 1.75. The lowest BCUT2D eigenvalue weighted by molar-refractivity contribution is -0.00201. The van der Waals surface area contributed by atoms with Gasteiger partial charge in [0.2, 0.25) is 0 Å². The minimum atomic E-state index is 0.527.